The first-order valence-electron chi connectivity index (χ1n) is 6.35. The number of piperidine rings is 1. The van der Waals surface area contributed by atoms with Crippen LogP contribution in [-0.4, -0.2) is 18.2 Å². The fourth-order valence-corrected chi connectivity index (χ4v) is 2.41. The molecule has 1 aliphatic rings. The predicted octanol–water partition coefficient (Wildman–Crippen LogP) is 3.12. The van der Waals surface area contributed by atoms with Crippen LogP contribution in [0, 0.1) is 0 Å². The van der Waals surface area contributed by atoms with Crippen LogP contribution in [0.5, 0.6) is 0 Å². The summed E-state index contributed by atoms with van der Waals surface area (Å²) < 4.78 is 0. The Morgan fingerprint density at radius 1 is 1.19 bits per heavy atom. The highest BCUT2D eigenvalue weighted by Crippen LogP contribution is 2.29. The van der Waals surface area contributed by atoms with Crippen LogP contribution in [0.2, 0.25) is 0 Å². The van der Waals surface area contributed by atoms with Gasteiger partial charge in [-0.1, -0.05) is 25.1 Å². The first-order valence-corrected chi connectivity index (χ1v) is 6.35. The van der Waals surface area contributed by atoms with Crippen molar-refractivity contribution < 1.29 is 5.11 Å². The summed E-state index contributed by atoms with van der Waals surface area (Å²) in [4.78, 5) is 2.41. The summed E-state index contributed by atoms with van der Waals surface area (Å²) in [6.45, 7) is 4.29. The van der Waals surface area contributed by atoms with E-state index in [0.717, 1.165) is 25.1 Å². The van der Waals surface area contributed by atoms with Gasteiger partial charge in [-0.15, -0.1) is 0 Å². The molecule has 2 rings (SSSR count). The smallest absolute Gasteiger partial charge is 0.0807 e. The second kappa shape index (κ2) is 5.35. The van der Waals surface area contributed by atoms with E-state index in [0.29, 0.717) is 0 Å². The van der Waals surface area contributed by atoms with Crippen LogP contribution in [0.25, 0.3) is 0 Å². The molecule has 1 saturated heterocycles. The Morgan fingerprint density at radius 3 is 2.56 bits per heavy atom. The van der Waals surface area contributed by atoms with Gasteiger partial charge in [0.1, 0.15) is 0 Å². The molecule has 1 atom stereocenters. The molecule has 16 heavy (non-hydrogen) atoms. The van der Waals surface area contributed by atoms with Crippen LogP contribution in [0.3, 0.4) is 0 Å². The fraction of sp³-hybridized carbons (Fsp3) is 0.571. The lowest BCUT2D eigenvalue weighted by molar-refractivity contribution is 0.174. The third kappa shape index (κ3) is 2.38. The molecular weight excluding hydrogens is 198 g/mol. The SMILES string of the molecule is CC[C@H](O)c1ccccc1N1CCCCC1. The van der Waals surface area contributed by atoms with Crippen LogP contribution in [-0.2, 0) is 0 Å². The lowest BCUT2D eigenvalue weighted by Gasteiger charge is -2.31. The lowest BCUT2D eigenvalue weighted by atomic mass is 10.0. The summed E-state index contributed by atoms with van der Waals surface area (Å²) >= 11 is 0. The van der Waals surface area contributed by atoms with Crippen LogP contribution >= 0.6 is 0 Å². The zero-order valence-electron chi connectivity index (χ0n) is 10.0. The number of hydrogen-bond donors (Lipinski definition) is 1. The first kappa shape index (κ1) is 11.5. The van der Waals surface area contributed by atoms with Gasteiger partial charge in [0.25, 0.3) is 0 Å². The highest BCUT2D eigenvalue weighted by Gasteiger charge is 2.17. The number of hydrogen-bond acceptors (Lipinski definition) is 2. The van der Waals surface area contributed by atoms with Crippen molar-refractivity contribution in [3.8, 4) is 0 Å². The number of aliphatic hydroxyl groups excluding tert-OH is 1. The molecule has 0 saturated carbocycles. The molecular formula is C14H21NO. The Balaban J connectivity index is 2.24. The minimum atomic E-state index is -0.321. The van der Waals surface area contributed by atoms with E-state index >= 15 is 0 Å². The molecule has 88 valence electrons. The Morgan fingerprint density at radius 2 is 1.88 bits per heavy atom. The molecule has 0 aliphatic carbocycles. The average molecular weight is 219 g/mol. The second-order valence-corrected chi connectivity index (χ2v) is 4.53. The number of rotatable bonds is 3. The van der Waals surface area contributed by atoms with Gasteiger partial charge in [0, 0.05) is 24.3 Å². The van der Waals surface area contributed by atoms with Gasteiger partial charge in [0.2, 0.25) is 0 Å². The van der Waals surface area contributed by atoms with Crippen molar-refractivity contribution in [1.29, 1.82) is 0 Å². The molecule has 1 aliphatic heterocycles. The van der Waals surface area contributed by atoms with Crippen LogP contribution < -0.4 is 4.90 Å². The van der Waals surface area contributed by atoms with Crippen molar-refractivity contribution in [1.82, 2.24) is 0 Å². The van der Waals surface area contributed by atoms with E-state index in [1.165, 1.54) is 24.9 Å². The number of anilines is 1. The lowest BCUT2D eigenvalue weighted by Crippen LogP contribution is -2.30. The average Bonchev–Trinajstić information content (AvgIpc) is 2.39. The normalized spacial score (nSPS) is 18.5. The molecule has 0 unspecified atom stereocenters. The number of nitrogens with zero attached hydrogens (tertiary/aromatic N) is 1. The molecule has 0 bridgehead atoms. The van der Waals surface area contributed by atoms with E-state index in [1.807, 2.05) is 13.0 Å². The van der Waals surface area contributed by atoms with Gasteiger partial charge < -0.3 is 10.0 Å². The topological polar surface area (TPSA) is 23.5 Å². The van der Waals surface area contributed by atoms with E-state index in [1.54, 1.807) is 0 Å². The van der Waals surface area contributed by atoms with Crippen molar-refractivity contribution in [2.75, 3.05) is 18.0 Å². The molecule has 2 heteroatoms. The Hall–Kier alpha value is -1.02. The molecule has 1 aromatic carbocycles. The fourth-order valence-electron chi connectivity index (χ4n) is 2.41. The molecule has 1 heterocycles. The van der Waals surface area contributed by atoms with Gasteiger partial charge in [-0.25, -0.2) is 0 Å². The zero-order chi connectivity index (χ0) is 11.4. The minimum absolute atomic E-state index is 0.321. The number of para-hydroxylation sites is 1. The Labute approximate surface area is 97.9 Å². The monoisotopic (exact) mass is 219 g/mol. The molecule has 1 fully saturated rings. The summed E-state index contributed by atoms with van der Waals surface area (Å²) in [5.74, 6) is 0. The second-order valence-electron chi connectivity index (χ2n) is 4.53. The maximum Gasteiger partial charge on any atom is 0.0807 e. The van der Waals surface area contributed by atoms with E-state index < -0.39 is 0 Å². The van der Waals surface area contributed by atoms with Crippen molar-refractivity contribution >= 4 is 5.69 Å². The van der Waals surface area contributed by atoms with Crippen LogP contribution in [0.1, 0.15) is 44.3 Å². The van der Waals surface area contributed by atoms with E-state index in [4.69, 9.17) is 0 Å². The zero-order valence-corrected chi connectivity index (χ0v) is 10.0. The van der Waals surface area contributed by atoms with Crippen molar-refractivity contribution in [3.05, 3.63) is 29.8 Å². The van der Waals surface area contributed by atoms with Crippen molar-refractivity contribution in [2.45, 2.75) is 38.7 Å². The van der Waals surface area contributed by atoms with Crippen molar-refractivity contribution in [3.63, 3.8) is 0 Å². The summed E-state index contributed by atoms with van der Waals surface area (Å²) in [5.41, 5.74) is 2.32. The summed E-state index contributed by atoms with van der Waals surface area (Å²) in [5, 5.41) is 10.0. The minimum Gasteiger partial charge on any atom is -0.388 e. The van der Waals surface area contributed by atoms with Gasteiger partial charge in [0.05, 0.1) is 6.10 Å². The van der Waals surface area contributed by atoms with Crippen LogP contribution in [0.4, 0.5) is 5.69 Å². The number of aliphatic hydroxyl groups is 1. The summed E-state index contributed by atoms with van der Waals surface area (Å²) in [6.07, 6.45) is 4.35. The van der Waals surface area contributed by atoms with Crippen molar-refractivity contribution in [2.24, 2.45) is 0 Å². The quantitative estimate of drug-likeness (QED) is 0.844. The third-order valence-electron chi connectivity index (χ3n) is 3.38. The van der Waals surface area contributed by atoms with Gasteiger partial charge >= 0.3 is 0 Å². The highest BCUT2D eigenvalue weighted by molar-refractivity contribution is 5.54. The van der Waals surface area contributed by atoms with Gasteiger partial charge in [0.15, 0.2) is 0 Å². The van der Waals surface area contributed by atoms with E-state index in [9.17, 15) is 5.11 Å². The largest absolute Gasteiger partial charge is 0.388 e. The molecule has 1 N–H and O–H groups in total. The van der Waals surface area contributed by atoms with Gasteiger partial charge in [-0.05, 0) is 31.7 Å². The third-order valence-corrected chi connectivity index (χ3v) is 3.38. The van der Waals surface area contributed by atoms with E-state index in [-0.39, 0.29) is 6.10 Å². The van der Waals surface area contributed by atoms with E-state index in [2.05, 4.69) is 23.1 Å². The first-order chi connectivity index (χ1) is 7.83. The highest BCUT2D eigenvalue weighted by atomic mass is 16.3. The molecule has 0 spiro atoms. The molecule has 2 nitrogen and oxygen atoms in total. The molecule has 0 aromatic heterocycles. The standard InChI is InChI=1S/C14H21NO/c1-2-14(16)12-8-4-5-9-13(12)15-10-6-3-7-11-15/h4-5,8-9,14,16H,2-3,6-7,10-11H2,1H3/t14-/m0/s1. The summed E-state index contributed by atoms with van der Waals surface area (Å²) in [6, 6.07) is 8.27. The number of benzene rings is 1. The molecule has 0 amide bonds. The Kier molecular flexibility index (Phi) is 3.83. The van der Waals surface area contributed by atoms with Gasteiger partial charge in [-0.3, -0.25) is 0 Å². The van der Waals surface area contributed by atoms with Crippen LogP contribution in [0.15, 0.2) is 24.3 Å². The Bertz CT molecular complexity index is 331. The maximum atomic E-state index is 10.0. The molecule has 0 radical (unpaired) electrons. The molecule has 1 aromatic rings. The predicted molar refractivity (Wildman–Crippen MR) is 67.8 cm³/mol. The summed E-state index contributed by atoms with van der Waals surface area (Å²) in [7, 11) is 0. The maximum absolute atomic E-state index is 10.0. The van der Waals surface area contributed by atoms with Gasteiger partial charge in [-0.2, -0.15) is 0 Å².